The first kappa shape index (κ1) is 20.2. The molecule has 3 rings (SSSR count). The monoisotopic (exact) mass is 405 g/mol. The number of aromatic nitrogens is 2. The van der Waals surface area contributed by atoms with Crippen LogP contribution in [0.25, 0.3) is 11.4 Å². The third-order valence-corrected chi connectivity index (χ3v) is 4.17. The predicted octanol–water partition coefficient (Wildman–Crippen LogP) is 4.09. The molecular formula is C20H15F4N3O2. The van der Waals surface area contributed by atoms with Gasteiger partial charge in [0.15, 0.2) is 0 Å². The maximum Gasteiger partial charge on any atom is 0.419 e. The summed E-state index contributed by atoms with van der Waals surface area (Å²) >= 11 is 0. The molecule has 0 unspecified atom stereocenters. The van der Waals surface area contributed by atoms with Crippen molar-refractivity contribution in [3.63, 3.8) is 0 Å². The molecule has 0 saturated carbocycles. The Kier molecular flexibility index (Phi) is 5.49. The SMILES string of the molecule is C[C@@H](NC(=O)c1cc(=O)[nH]c(-c2ccccc2)n1)c1ccc(C(F)(F)F)c(F)c1. The number of hydrogen-bond acceptors (Lipinski definition) is 3. The van der Waals surface area contributed by atoms with Crippen molar-refractivity contribution < 1.29 is 22.4 Å². The topological polar surface area (TPSA) is 74.8 Å². The first-order chi connectivity index (χ1) is 13.6. The number of amides is 1. The van der Waals surface area contributed by atoms with Crippen LogP contribution in [-0.2, 0) is 6.18 Å². The van der Waals surface area contributed by atoms with E-state index in [0.717, 1.165) is 12.1 Å². The predicted molar refractivity (Wildman–Crippen MR) is 97.6 cm³/mol. The number of halogens is 4. The second-order valence-corrected chi connectivity index (χ2v) is 6.28. The Morgan fingerprint density at radius 3 is 2.41 bits per heavy atom. The molecule has 0 fully saturated rings. The molecule has 0 bridgehead atoms. The highest BCUT2D eigenvalue weighted by atomic mass is 19.4. The Bertz CT molecular complexity index is 1090. The third kappa shape index (κ3) is 4.68. The summed E-state index contributed by atoms with van der Waals surface area (Å²) in [5.74, 6) is -1.96. The standard InChI is InChI=1S/C20H15F4N3O2/c1-11(13-7-8-14(15(21)9-13)20(22,23)24)25-19(29)16-10-17(28)27-18(26-16)12-5-3-2-4-6-12/h2-11H,1H3,(H,25,29)(H,26,27,28)/t11-/m1/s1. The van der Waals surface area contributed by atoms with E-state index < -0.39 is 35.1 Å². The largest absolute Gasteiger partial charge is 0.419 e. The smallest absolute Gasteiger partial charge is 0.344 e. The maximum absolute atomic E-state index is 13.8. The Morgan fingerprint density at radius 1 is 1.10 bits per heavy atom. The highest BCUT2D eigenvalue weighted by Gasteiger charge is 2.34. The minimum absolute atomic E-state index is 0.136. The van der Waals surface area contributed by atoms with E-state index >= 15 is 0 Å². The number of carbonyl (C=O) groups excluding carboxylic acids is 1. The minimum atomic E-state index is -4.81. The third-order valence-electron chi connectivity index (χ3n) is 4.17. The molecule has 1 heterocycles. The molecular weight excluding hydrogens is 390 g/mol. The van der Waals surface area contributed by atoms with Gasteiger partial charge in [0.2, 0.25) is 0 Å². The van der Waals surface area contributed by atoms with Gasteiger partial charge in [0.1, 0.15) is 17.3 Å². The number of hydrogen-bond donors (Lipinski definition) is 2. The highest BCUT2D eigenvalue weighted by molar-refractivity contribution is 5.92. The Balaban J connectivity index is 1.83. The van der Waals surface area contributed by atoms with Crippen molar-refractivity contribution in [2.75, 3.05) is 0 Å². The summed E-state index contributed by atoms with van der Waals surface area (Å²) in [6.07, 6.45) is -4.81. The van der Waals surface area contributed by atoms with Gasteiger partial charge < -0.3 is 10.3 Å². The van der Waals surface area contributed by atoms with E-state index in [0.29, 0.717) is 17.7 Å². The number of aromatic amines is 1. The van der Waals surface area contributed by atoms with E-state index in [4.69, 9.17) is 0 Å². The van der Waals surface area contributed by atoms with Gasteiger partial charge in [-0.1, -0.05) is 36.4 Å². The number of H-pyrrole nitrogens is 1. The molecule has 0 aliphatic heterocycles. The Labute approximate surface area is 162 Å². The quantitative estimate of drug-likeness (QED) is 0.642. The van der Waals surface area contributed by atoms with Crippen LogP contribution in [0.4, 0.5) is 17.6 Å². The fourth-order valence-corrected chi connectivity index (χ4v) is 2.69. The van der Waals surface area contributed by atoms with Gasteiger partial charge in [-0.05, 0) is 24.6 Å². The van der Waals surface area contributed by atoms with Gasteiger partial charge in [-0.3, -0.25) is 9.59 Å². The molecule has 0 aliphatic carbocycles. The van der Waals surface area contributed by atoms with Gasteiger partial charge in [-0.15, -0.1) is 0 Å². The van der Waals surface area contributed by atoms with Gasteiger partial charge in [0, 0.05) is 11.6 Å². The number of nitrogens with one attached hydrogen (secondary N) is 2. The summed E-state index contributed by atoms with van der Waals surface area (Å²) in [6, 6.07) is 11.3. The lowest BCUT2D eigenvalue weighted by molar-refractivity contribution is -0.140. The van der Waals surface area contributed by atoms with E-state index in [1.807, 2.05) is 0 Å². The van der Waals surface area contributed by atoms with Crippen molar-refractivity contribution >= 4 is 5.91 Å². The second kappa shape index (κ2) is 7.86. The van der Waals surface area contributed by atoms with Crippen molar-refractivity contribution in [2.24, 2.45) is 0 Å². The first-order valence-electron chi connectivity index (χ1n) is 8.49. The van der Waals surface area contributed by atoms with Crippen molar-refractivity contribution in [3.05, 3.63) is 87.6 Å². The highest BCUT2D eigenvalue weighted by Crippen LogP contribution is 2.32. The van der Waals surface area contributed by atoms with Crippen LogP contribution in [0.15, 0.2) is 59.4 Å². The zero-order valence-corrected chi connectivity index (χ0v) is 15.0. The Morgan fingerprint density at radius 2 is 1.79 bits per heavy atom. The molecule has 0 radical (unpaired) electrons. The van der Waals surface area contributed by atoms with Crippen molar-refractivity contribution in [2.45, 2.75) is 19.1 Å². The summed E-state index contributed by atoms with van der Waals surface area (Å²) in [5.41, 5.74) is -1.37. The van der Waals surface area contributed by atoms with Gasteiger partial charge in [0.05, 0.1) is 11.6 Å². The molecule has 0 spiro atoms. The van der Waals surface area contributed by atoms with Crippen molar-refractivity contribution in [3.8, 4) is 11.4 Å². The minimum Gasteiger partial charge on any atom is -0.344 e. The molecule has 0 aliphatic rings. The van der Waals surface area contributed by atoms with Crippen LogP contribution in [0, 0.1) is 5.82 Å². The number of benzene rings is 2. The van der Waals surface area contributed by atoms with E-state index in [1.54, 1.807) is 30.3 Å². The summed E-state index contributed by atoms with van der Waals surface area (Å²) in [5, 5.41) is 2.50. The molecule has 0 saturated heterocycles. The average molecular weight is 405 g/mol. The lowest BCUT2D eigenvalue weighted by Gasteiger charge is -2.16. The molecule has 1 atom stereocenters. The van der Waals surface area contributed by atoms with Crippen LogP contribution < -0.4 is 10.9 Å². The summed E-state index contributed by atoms with van der Waals surface area (Å²) in [4.78, 5) is 31.0. The number of alkyl halides is 3. The molecule has 5 nitrogen and oxygen atoms in total. The second-order valence-electron chi connectivity index (χ2n) is 6.28. The molecule has 1 aromatic heterocycles. The van der Waals surface area contributed by atoms with Gasteiger partial charge >= 0.3 is 6.18 Å². The van der Waals surface area contributed by atoms with Crippen LogP contribution >= 0.6 is 0 Å². The van der Waals surface area contributed by atoms with Gasteiger partial charge in [-0.2, -0.15) is 13.2 Å². The van der Waals surface area contributed by atoms with Crippen LogP contribution in [0.5, 0.6) is 0 Å². The molecule has 2 aromatic carbocycles. The van der Waals surface area contributed by atoms with E-state index in [9.17, 15) is 27.2 Å². The summed E-state index contributed by atoms with van der Waals surface area (Å²) in [7, 11) is 0. The normalized spacial score (nSPS) is 12.4. The fourth-order valence-electron chi connectivity index (χ4n) is 2.69. The number of carbonyl (C=O) groups is 1. The van der Waals surface area contributed by atoms with E-state index in [1.165, 1.54) is 6.92 Å². The molecule has 1 amide bonds. The molecule has 2 N–H and O–H groups in total. The summed E-state index contributed by atoms with van der Waals surface area (Å²) < 4.78 is 51.8. The zero-order valence-electron chi connectivity index (χ0n) is 15.0. The van der Waals surface area contributed by atoms with Crippen molar-refractivity contribution in [1.82, 2.24) is 15.3 Å². The average Bonchev–Trinajstić information content (AvgIpc) is 2.67. The van der Waals surface area contributed by atoms with Gasteiger partial charge in [0.25, 0.3) is 11.5 Å². The van der Waals surface area contributed by atoms with E-state index in [-0.39, 0.29) is 17.1 Å². The van der Waals surface area contributed by atoms with Crippen LogP contribution in [0.1, 0.15) is 34.6 Å². The molecule has 3 aromatic rings. The Hall–Kier alpha value is -3.49. The number of nitrogens with zero attached hydrogens (tertiary/aromatic N) is 1. The van der Waals surface area contributed by atoms with E-state index in [2.05, 4.69) is 15.3 Å². The van der Waals surface area contributed by atoms with Crippen LogP contribution in [0.2, 0.25) is 0 Å². The van der Waals surface area contributed by atoms with Gasteiger partial charge in [-0.25, -0.2) is 9.37 Å². The maximum atomic E-state index is 13.8. The molecule has 9 heteroatoms. The summed E-state index contributed by atoms with van der Waals surface area (Å²) in [6.45, 7) is 1.48. The molecule has 29 heavy (non-hydrogen) atoms. The van der Waals surface area contributed by atoms with Crippen molar-refractivity contribution in [1.29, 1.82) is 0 Å². The van der Waals surface area contributed by atoms with Crippen LogP contribution in [0.3, 0.4) is 0 Å². The lowest BCUT2D eigenvalue weighted by atomic mass is 10.0. The first-order valence-corrected chi connectivity index (χ1v) is 8.49. The molecule has 150 valence electrons. The lowest BCUT2D eigenvalue weighted by Crippen LogP contribution is -2.29. The number of rotatable bonds is 4. The fraction of sp³-hybridized carbons (Fsp3) is 0.150. The zero-order chi connectivity index (χ0) is 21.2. The van der Waals surface area contributed by atoms with Crippen LogP contribution in [-0.4, -0.2) is 15.9 Å².